The van der Waals surface area contributed by atoms with Crippen molar-refractivity contribution < 1.29 is 30.8 Å². The molecule has 36 heavy (non-hydrogen) atoms. The standard InChI is InChI=1S/C17H24F3NOSi.C9H6F3N/c1-16(2,3)23(4,5)22-11-10-13(12-21)14-8-6-7-9-15(14)17(18,19)20;10-9(11,12)8-4-2-1-3-7(8)5-6-13/h6-9,13H,10-11H2,1-5H3;1-4H,5H2. The van der Waals surface area contributed by atoms with E-state index in [2.05, 4.69) is 33.9 Å². The second-order valence-corrected chi connectivity index (χ2v) is 14.5. The summed E-state index contributed by atoms with van der Waals surface area (Å²) in [6, 6.07) is 14.0. The summed E-state index contributed by atoms with van der Waals surface area (Å²) in [7, 11) is -1.97. The highest BCUT2D eigenvalue weighted by Gasteiger charge is 2.38. The molecule has 10 heteroatoms. The lowest BCUT2D eigenvalue weighted by atomic mass is 9.92. The van der Waals surface area contributed by atoms with Crippen molar-refractivity contribution in [2.75, 3.05) is 6.61 Å². The molecule has 0 bridgehead atoms. The average Bonchev–Trinajstić information content (AvgIpc) is 2.76. The SMILES string of the molecule is CC(C)(C)[Si](C)(C)OCCC(C#N)c1ccccc1C(F)(F)F.N#CCc1ccccc1C(F)(F)F. The van der Waals surface area contributed by atoms with E-state index in [1.54, 1.807) is 6.07 Å². The molecule has 2 aromatic rings. The lowest BCUT2D eigenvalue weighted by molar-refractivity contribution is -0.139. The van der Waals surface area contributed by atoms with E-state index in [0.717, 1.165) is 12.1 Å². The van der Waals surface area contributed by atoms with Crippen LogP contribution in [-0.4, -0.2) is 14.9 Å². The second kappa shape index (κ2) is 12.4. The molecule has 0 fully saturated rings. The van der Waals surface area contributed by atoms with Crippen LogP contribution in [0.15, 0.2) is 48.5 Å². The van der Waals surface area contributed by atoms with Gasteiger partial charge in [-0.15, -0.1) is 0 Å². The third-order valence-corrected chi connectivity index (χ3v) is 10.6. The van der Waals surface area contributed by atoms with E-state index in [1.165, 1.54) is 36.4 Å². The minimum atomic E-state index is -4.45. The highest BCUT2D eigenvalue weighted by atomic mass is 28.4. The van der Waals surface area contributed by atoms with Crippen LogP contribution in [0.3, 0.4) is 0 Å². The van der Waals surface area contributed by atoms with Gasteiger partial charge in [0, 0.05) is 6.61 Å². The number of hydrogen-bond acceptors (Lipinski definition) is 3. The fourth-order valence-electron chi connectivity index (χ4n) is 3.03. The molecule has 0 amide bonds. The Labute approximate surface area is 209 Å². The summed E-state index contributed by atoms with van der Waals surface area (Å²) in [5, 5.41) is 17.6. The number of benzene rings is 2. The first-order valence-electron chi connectivity index (χ1n) is 11.2. The lowest BCUT2D eigenvalue weighted by Gasteiger charge is -2.36. The van der Waals surface area contributed by atoms with Gasteiger partial charge in [-0.1, -0.05) is 57.2 Å². The van der Waals surface area contributed by atoms with Crippen LogP contribution in [-0.2, 0) is 23.2 Å². The maximum Gasteiger partial charge on any atom is 0.416 e. The molecule has 0 heterocycles. The smallest absolute Gasteiger partial charge is 0.416 e. The minimum absolute atomic E-state index is 0.0255. The van der Waals surface area contributed by atoms with Gasteiger partial charge in [-0.25, -0.2) is 0 Å². The topological polar surface area (TPSA) is 56.8 Å². The molecule has 0 radical (unpaired) electrons. The van der Waals surface area contributed by atoms with Crippen LogP contribution in [0.5, 0.6) is 0 Å². The largest absolute Gasteiger partial charge is 0.417 e. The van der Waals surface area contributed by atoms with Crippen molar-refractivity contribution >= 4 is 8.32 Å². The summed E-state index contributed by atoms with van der Waals surface area (Å²) in [6.45, 7) is 10.7. The van der Waals surface area contributed by atoms with Crippen molar-refractivity contribution in [2.45, 2.75) is 70.0 Å². The van der Waals surface area contributed by atoms with Crippen LogP contribution in [0.25, 0.3) is 0 Å². The Morgan fingerprint density at radius 3 is 1.81 bits per heavy atom. The first-order valence-corrected chi connectivity index (χ1v) is 14.1. The van der Waals surface area contributed by atoms with Crippen LogP contribution in [0.1, 0.15) is 55.4 Å². The van der Waals surface area contributed by atoms with Crippen LogP contribution in [0, 0.1) is 22.7 Å². The van der Waals surface area contributed by atoms with E-state index >= 15 is 0 Å². The zero-order chi connectivity index (χ0) is 27.8. The minimum Gasteiger partial charge on any atom is -0.417 e. The zero-order valence-corrected chi connectivity index (χ0v) is 21.9. The van der Waals surface area contributed by atoms with Crippen molar-refractivity contribution in [2.24, 2.45) is 0 Å². The molecule has 0 N–H and O–H groups in total. The summed E-state index contributed by atoms with van der Waals surface area (Å²) >= 11 is 0. The molecule has 0 aliphatic heterocycles. The summed E-state index contributed by atoms with van der Waals surface area (Å²) in [6.07, 6.45) is -8.77. The predicted molar refractivity (Wildman–Crippen MR) is 128 cm³/mol. The lowest BCUT2D eigenvalue weighted by Crippen LogP contribution is -2.41. The van der Waals surface area contributed by atoms with E-state index in [4.69, 9.17) is 9.69 Å². The summed E-state index contributed by atoms with van der Waals surface area (Å²) in [5.41, 5.74) is -1.41. The molecule has 1 unspecified atom stereocenters. The Hall–Kier alpha value is -2.82. The highest BCUT2D eigenvalue weighted by Crippen LogP contribution is 2.38. The predicted octanol–water partition coefficient (Wildman–Crippen LogP) is 8.50. The van der Waals surface area contributed by atoms with Crippen LogP contribution in [0.4, 0.5) is 26.3 Å². The molecule has 3 nitrogen and oxygen atoms in total. The molecule has 1 atom stereocenters. The van der Waals surface area contributed by atoms with Crippen molar-refractivity contribution in [3.05, 3.63) is 70.8 Å². The molecule has 0 aliphatic rings. The van der Waals surface area contributed by atoms with Gasteiger partial charge >= 0.3 is 12.4 Å². The number of nitriles is 2. The van der Waals surface area contributed by atoms with Crippen LogP contribution in [0.2, 0.25) is 18.1 Å². The Morgan fingerprint density at radius 1 is 0.833 bits per heavy atom. The number of halogens is 6. The zero-order valence-electron chi connectivity index (χ0n) is 20.9. The number of alkyl halides is 6. The fraction of sp³-hybridized carbons (Fsp3) is 0.462. The number of hydrogen-bond donors (Lipinski definition) is 0. The Kier molecular flexibility index (Phi) is 10.8. The molecule has 0 spiro atoms. The van der Waals surface area contributed by atoms with E-state index in [0.29, 0.717) is 6.61 Å². The summed E-state index contributed by atoms with van der Waals surface area (Å²) < 4.78 is 82.0. The summed E-state index contributed by atoms with van der Waals surface area (Å²) in [4.78, 5) is 0. The van der Waals surface area contributed by atoms with E-state index in [-0.39, 0.29) is 29.0 Å². The number of nitrogens with zero attached hydrogens (tertiary/aromatic N) is 2. The Morgan fingerprint density at radius 2 is 1.33 bits per heavy atom. The fourth-order valence-corrected chi connectivity index (χ4v) is 4.09. The second-order valence-electron chi connectivity index (χ2n) is 9.65. The Bertz CT molecular complexity index is 1080. The maximum atomic E-state index is 13.1. The van der Waals surface area contributed by atoms with Gasteiger partial charge in [0.1, 0.15) is 0 Å². The van der Waals surface area contributed by atoms with Crippen LogP contribution >= 0.6 is 0 Å². The molecule has 0 aliphatic carbocycles. The van der Waals surface area contributed by atoms with Gasteiger partial charge in [0.25, 0.3) is 0 Å². The van der Waals surface area contributed by atoms with E-state index in [1.807, 2.05) is 6.07 Å². The number of rotatable bonds is 6. The van der Waals surface area contributed by atoms with Crippen molar-refractivity contribution in [3.63, 3.8) is 0 Å². The van der Waals surface area contributed by atoms with Crippen LogP contribution < -0.4 is 0 Å². The molecule has 2 aromatic carbocycles. The maximum absolute atomic E-state index is 13.1. The normalized spacial score (nSPS) is 13.1. The highest BCUT2D eigenvalue weighted by molar-refractivity contribution is 6.74. The average molecular weight is 529 g/mol. The molecule has 0 saturated carbocycles. The third kappa shape index (κ3) is 9.00. The van der Waals surface area contributed by atoms with Crippen molar-refractivity contribution in [1.29, 1.82) is 10.5 Å². The molecular formula is C26H30F6N2OSi. The van der Waals surface area contributed by atoms with Gasteiger partial charge < -0.3 is 4.43 Å². The van der Waals surface area contributed by atoms with Gasteiger partial charge in [0.2, 0.25) is 0 Å². The third-order valence-electron chi connectivity index (χ3n) is 6.07. The van der Waals surface area contributed by atoms with Gasteiger partial charge in [-0.3, -0.25) is 0 Å². The molecular weight excluding hydrogens is 498 g/mol. The quantitative estimate of drug-likeness (QED) is 0.279. The van der Waals surface area contributed by atoms with Gasteiger partial charge in [0.15, 0.2) is 8.32 Å². The first-order chi connectivity index (χ1) is 16.5. The van der Waals surface area contributed by atoms with Gasteiger partial charge in [-0.2, -0.15) is 36.9 Å². The van der Waals surface area contributed by atoms with Crippen molar-refractivity contribution in [3.8, 4) is 12.1 Å². The van der Waals surface area contributed by atoms with Crippen molar-refractivity contribution in [1.82, 2.24) is 0 Å². The van der Waals surface area contributed by atoms with Gasteiger partial charge in [0.05, 0.1) is 35.6 Å². The first kappa shape index (κ1) is 31.2. The monoisotopic (exact) mass is 528 g/mol. The molecule has 0 saturated heterocycles. The van der Waals surface area contributed by atoms with Gasteiger partial charge in [-0.05, 0) is 47.8 Å². The van der Waals surface area contributed by atoms with E-state index < -0.39 is 37.7 Å². The summed E-state index contributed by atoms with van der Waals surface area (Å²) in [5.74, 6) is -0.822. The molecule has 196 valence electrons. The molecule has 2 rings (SSSR count). The Balaban J connectivity index is 0.000000420. The molecule has 0 aromatic heterocycles. The van der Waals surface area contributed by atoms with E-state index in [9.17, 15) is 31.6 Å².